The largest absolute Gasteiger partial charge is 0.490 e. The van der Waals surface area contributed by atoms with Crippen LogP contribution >= 0.6 is 35.1 Å². The lowest BCUT2D eigenvalue weighted by atomic mass is 9.87. The minimum Gasteiger partial charge on any atom is -0.490 e. The van der Waals surface area contributed by atoms with Gasteiger partial charge in [0.2, 0.25) is 0 Å². The molecule has 1 atom stereocenters. The van der Waals surface area contributed by atoms with E-state index >= 15 is 0 Å². The van der Waals surface area contributed by atoms with Crippen molar-refractivity contribution in [2.45, 2.75) is 35.5 Å². The molecule has 1 N–H and O–H groups in total. The van der Waals surface area contributed by atoms with Crippen molar-refractivity contribution >= 4 is 45.9 Å². The van der Waals surface area contributed by atoms with Gasteiger partial charge in [-0.1, -0.05) is 41.9 Å². The van der Waals surface area contributed by atoms with Crippen LogP contribution in [0.1, 0.15) is 28.6 Å². The Hall–Kier alpha value is -1.57. The number of thioether (sulfide) groups is 2. The van der Waals surface area contributed by atoms with Crippen LogP contribution in [0.5, 0.6) is 11.5 Å². The molecular formula is C28H30ClNO3S2. The van der Waals surface area contributed by atoms with E-state index in [-0.39, 0.29) is 5.60 Å². The average molecular weight is 528 g/mol. The number of benzene rings is 3. The number of hydrogen-bond acceptors (Lipinski definition) is 6. The number of nitrogens with zero attached hydrogens (tertiary/aromatic N) is 1. The topological polar surface area (TPSA) is 41.9 Å². The monoisotopic (exact) mass is 527 g/mol. The van der Waals surface area contributed by atoms with E-state index in [1.807, 2.05) is 41.7 Å². The van der Waals surface area contributed by atoms with Gasteiger partial charge in [0.05, 0.1) is 4.58 Å². The second-order valence-corrected chi connectivity index (χ2v) is 12.9. The SMILES string of the molecule is O[C@H](COc1ccc2ccccc2c1C1SCCS1)CN1CCC2(CC1)Cc1cc(Cl)ccc1O2. The zero-order valence-electron chi connectivity index (χ0n) is 19.6. The fraction of sp³-hybridized carbons (Fsp3) is 0.429. The molecule has 3 aromatic rings. The highest BCUT2D eigenvalue weighted by Crippen LogP contribution is 2.50. The summed E-state index contributed by atoms with van der Waals surface area (Å²) in [4.78, 5) is 2.34. The first-order valence-corrected chi connectivity index (χ1v) is 14.8. The molecule has 3 aromatic carbocycles. The summed E-state index contributed by atoms with van der Waals surface area (Å²) in [5.74, 6) is 4.21. The molecule has 0 bridgehead atoms. The zero-order valence-corrected chi connectivity index (χ0v) is 22.0. The van der Waals surface area contributed by atoms with Gasteiger partial charge in [0, 0.05) is 61.0 Å². The molecule has 4 nitrogen and oxygen atoms in total. The van der Waals surface area contributed by atoms with Gasteiger partial charge in [-0.2, -0.15) is 0 Å². The molecule has 6 rings (SSSR count). The van der Waals surface area contributed by atoms with Crippen LogP contribution in [0.2, 0.25) is 5.02 Å². The molecule has 0 radical (unpaired) electrons. The van der Waals surface area contributed by atoms with Gasteiger partial charge < -0.3 is 19.5 Å². The van der Waals surface area contributed by atoms with Crippen LogP contribution in [0.15, 0.2) is 54.6 Å². The van der Waals surface area contributed by atoms with Crippen LogP contribution in [0.3, 0.4) is 0 Å². The van der Waals surface area contributed by atoms with Crippen molar-refractivity contribution in [3.05, 3.63) is 70.7 Å². The van der Waals surface area contributed by atoms with Crippen molar-refractivity contribution in [3.8, 4) is 11.5 Å². The lowest BCUT2D eigenvalue weighted by Gasteiger charge is -2.39. The van der Waals surface area contributed by atoms with E-state index < -0.39 is 6.10 Å². The summed E-state index contributed by atoms with van der Waals surface area (Å²) in [7, 11) is 0. The number of aliphatic hydroxyl groups is 1. The summed E-state index contributed by atoms with van der Waals surface area (Å²) in [5, 5.41) is 14.1. The zero-order chi connectivity index (χ0) is 23.8. The van der Waals surface area contributed by atoms with Gasteiger partial charge >= 0.3 is 0 Å². The van der Waals surface area contributed by atoms with E-state index in [9.17, 15) is 5.11 Å². The minimum absolute atomic E-state index is 0.123. The van der Waals surface area contributed by atoms with Crippen molar-refractivity contribution in [1.82, 2.24) is 4.90 Å². The van der Waals surface area contributed by atoms with Crippen LogP contribution in [0, 0.1) is 0 Å². The molecule has 0 aliphatic carbocycles. The smallest absolute Gasteiger partial charge is 0.125 e. The highest BCUT2D eigenvalue weighted by Gasteiger charge is 2.42. The Morgan fingerprint density at radius 2 is 1.89 bits per heavy atom. The number of β-amino-alcohol motifs (C(OH)–C–C–N with tert-alkyl or cyclic N) is 1. The Kier molecular flexibility index (Phi) is 6.84. The molecule has 2 saturated heterocycles. The number of fused-ring (bicyclic) bond motifs is 2. The Bertz CT molecular complexity index is 1210. The second kappa shape index (κ2) is 10.1. The number of rotatable bonds is 6. The van der Waals surface area contributed by atoms with E-state index in [0.29, 0.717) is 17.7 Å². The van der Waals surface area contributed by atoms with Crippen LogP contribution in [0.25, 0.3) is 10.8 Å². The molecule has 3 aliphatic rings. The number of likely N-dealkylation sites (tertiary alicyclic amines) is 1. The Balaban J connectivity index is 1.06. The second-order valence-electron chi connectivity index (χ2n) is 9.75. The average Bonchev–Trinajstić information content (AvgIpc) is 3.52. The van der Waals surface area contributed by atoms with Crippen LogP contribution in [-0.4, -0.2) is 59.5 Å². The van der Waals surface area contributed by atoms with Gasteiger partial charge in [0.25, 0.3) is 0 Å². The van der Waals surface area contributed by atoms with E-state index in [1.165, 1.54) is 33.4 Å². The van der Waals surface area contributed by atoms with Crippen molar-refractivity contribution < 1.29 is 14.6 Å². The van der Waals surface area contributed by atoms with E-state index in [4.69, 9.17) is 21.1 Å². The number of piperidine rings is 1. The van der Waals surface area contributed by atoms with Gasteiger partial charge in [-0.15, -0.1) is 23.5 Å². The Morgan fingerprint density at radius 3 is 2.71 bits per heavy atom. The van der Waals surface area contributed by atoms with E-state index in [0.717, 1.165) is 48.9 Å². The number of aliphatic hydroxyl groups excluding tert-OH is 1. The molecule has 0 aromatic heterocycles. The summed E-state index contributed by atoms with van der Waals surface area (Å²) in [6, 6.07) is 18.7. The Morgan fingerprint density at radius 1 is 1.09 bits per heavy atom. The molecule has 1 spiro atoms. The normalized spacial score (nSPS) is 20.7. The third-order valence-electron chi connectivity index (χ3n) is 7.32. The first-order valence-electron chi connectivity index (χ1n) is 12.3. The fourth-order valence-electron chi connectivity index (χ4n) is 5.53. The molecule has 7 heteroatoms. The third kappa shape index (κ3) is 5.01. The van der Waals surface area contributed by atoms with E-state index in [1.54, 1.807) is 0 Å². The maximum Gasteiger partial charge on any atom is 0.125 e. The van der Waals surface area contributed by atoms with Crippen molar-refractivity contribution in [1.29, 1.82) is 0 Å². The van der Waals surface area contributed by atoms with Gasteiger partial charge in [-0.25, -0.2) is 0 Å². The Labute approximate surface area is 220 Å². The molecule has 0 amide bonds. The van der Waals surface area contributed by atoms with Gasteiger partial charge in [-0.05, 0) is 40.6 Å². The number of ether oxygens (including phenoxy) is 2. The maximum atomic E-state index is 10.8. The first kappa shape index (κ1) is 23.8. The number of halogens is 1. The van der Waals surface area contributed by atoms with Crippen molar-refractivity contribution in [2.24, 2.45) is 0 Å². The van der Waals surface area contributed by atoms with E-state index in [2.05, 4.69) is 41.3 Å². The molecule has 2 fully saturated rings. The molecule has 3 aliphatic heterocycles. The van der Waals surface area contributed by atoms with Crippen LogP contribution in [-0.2, 0) is 6.42 Å². The summed E-state index contributed by atoms with van der Waals surface area (Å²) in [6.45, 7) is 2.74. The molecule has 35 heavy (non-hydrogen) atoms. The van der Waals surface area contributed by atoms with Crippen LogP contribution < -0.4 is 9.47 Å². The third-order valence-corrected chi connectivity index (χ3v) is 10.6. The summed E-state index contributed by atoms with van der Waals surface area (Å²) in [5.41, 5.74) is 2.35. The van der Waals surface area contributed by atoms with Gasteiger partial charge in [-0.3, -0.25) is 0 Å². The quantitative estimate of drug-likeness (QED) is 0.413. The highest BCUT2D eigenvalue weighted by molar-refractivity contribution is 8.19. The first-order chi connectivity index (χ1) is 17.1. The predicted molar refractivity (Wildman–Crippen MR) is 147 cm³/mol. The molecule has 0 unspecified atom stereocenters. The highest BCUT2D eigenvalue weighted by atomic mass is 35.5. The lowest BCUT2D eigenvalue weighted by Crippen LogP contribution is -2.49. The summed E-state index contributed by atoms with van der Waals surface area (Å²) < 4.78 is 13.0. The fourth-order valence-corrected chi connectivity index (χ4v) is 8.70. The lowest BCUT2D eigenvalue weighted by molar-refractivity contribution is -0.00199. The predicted octanol–water partition coefficient (Wildman–Crippen LogP) is 6.18. The summed E-state index contributed by atoms with van der Waals surface area (Å²) in [6.07, 6.45) is 2.30. The molecule has 0 saturated carbocycles. The molecular weight excluding hydrogens is 498 g/mol. The van der Waals surface area contributed by atoms with Crippen molar-refractivity contribution in [2.75, 3.05) is 37.7 Å². The molecule has 184 valence electrons. The van der Waals surface area contributed by atoms with Crippen molar-refractivity contribution in [3.63, 3.8) is 0 Å². The van der Waals surface area contributed by atoms with Gasteiger partial charge in [0.1, 0.15) is 29.8 Å². The van der Waals surface area contributed by atoms with Gasteiger partial charge in [0.15, 0.2) is 0 Å². The minimum atomic E-state index is -0.534. The summed E-state index contributed by atoms with van der Waals surface area (Å²) >= 11 is 10.1. The standard InChI is InChI=1S/C28H30ClNO3S2/c29-21-6-8-24-20(15-21)16-28(33-24)9-11-30(12-10-28)17-22(31)18-32-25-7-5-19-3-1-2-4-23(19)26(25)27-34-13-14-35-27/h1-8,15,22,27,31H,9-14,16-18H2/t22-/m0/s1. The molecule has 3 heterocycles. The number of hydrogen-bond donors (Lipinski definition) is 1. The maximum absolute atomic E-state index is 10.8. The van der Waals surface area contributed by atoms with Crippen LogP contribution in [0.4, 0.5) is 0 Å².